The van der Waals surface area contributed by atoms with Crippen LogP contribution >= 0.6 is 11.6 Å². The number of carbonyl (C=O) groups excluding carboxylic acids is 1. The molecule has 1 aromatic carbocycles. The van der Waals surface area contributed by atoms with E-state index in [-0.39, 0.29) is 5.71 Å². The number of hydrogen-bond donors (Lipinski definition) is 1. The monoisotopic (exact) mass is 221 g/mol. The van der Waals surface area contributed by atoms with Crippen LogP contribution in [-0.4, -0.2) is 11.5 Å². The molecule has 0 aromatic heterocycles. The molecule has 15 heavy (non-hydrogen) atoms. The van der Waals surface area contributed by atoms with E-state index < -0.39 is 5.78 Å². The van der Waals surface area contributed by atoms with Crippen molar-refractivity contribution in [1.29, 1.82) is 5.26 Å². The average molecular weight is 222 g/mol. The highest BCUT2D eigenvalue weighted by atomic mass is 35.5. The molecule has 0 aliphatic rings. The van der Waals surface area contributed by atoms with Gasteiger partial charge < -0.3 is 0 Å². The minimum atomic E-state index is -0.392. The van der Waals surface area contributed by atoms with Crippen LogP contribution in [0.15, 0.2) is 29.4 Å². The molecule has 0 unspecified atom stereocenters. The maximum Gasteiger partial charge on any atom is 0.203 e. The van der Waals surface area contributed by atoms with Crippen molar-refractivity contribution in [3.8, 4) is 6.07 Å². The zero-order chi connectivity index (χ0) is 11.3. The minimum Gasteiger partial charge on any atom is -0.292 e. The molecule has 0 saturated heterocycles. The molecule has 76 valence electrons. The predicted octanol–water partition coefficient (Wildman–Crippen LogP) is 2.22. The zero-order valence-corrected chi connectivity index (χ0v) is 8.75. The Hall–Kier alpha value is -1.86. The highest BCUT2D eigenvalue weighted by Crippen LogP contribution is 2.20. The van der Waals surface area contributed by atoms with Gasteiger partial charge in [0, 0.05) is 6.92 Å². The lowest BCUT2D eigenvalue weighted by molar-refractivity contribution is -0.110. The Bertz CT molecular complexity index is 448. The molecule has 1 aromatic rings. The SMILES string of the molecule is CC(=O)/C(C#N)=N/Nc1ccccc1Cl. The second-order valence-corrected chi connectivity index (χ2v) is 3.13. The summed E-state index contributed by atoms with van der Waals surface area (Å²) in [4.78, 5) is 10.9. The van der Waals surface area contributed by atoms with Crippen molar-refractivity contribution in [1.82, 2.24) is 0 Å². The first-order chi connectivity index (χ1) is 7.15. The van der Waals surface area contributed by atoms with E-state index in [2.05, 4.69) is 10.5 Å². The van der Waals surface area contributed by atoms with Crippen LogP contribution in [0.1, 0.15) is 6.92 Å². The van der Waals surface area contributed by atoms with Crippen molar-refractivity contribution < 1.29 is 4.79 Å². The molecule has 0 amide bonds. The molecule has 0 fully saturated rings. The molecule has 0 atom stereocenters. The number of Topliss-reactive ketones (excluding diaryl/α,β-unsaturated/α-hetero) is 1. The first-order valence-electron chi connectivity index (χ1n) is 4.14. The number of para-hydroxylation sites is 1. The summed E-state index contributed by atoms with van der Waals surface area (Å²) in [6.07, 6.45) is 0. The summed E-state index contributed by atoms with van der Waals surface area (Å²) >= 11 is 5.83. The molecule has 0 aliphatic heterocycles. The second kappa shape index (κ2) is 5.13. The maximum absolute atomic E-state index is 10.9. The van der Waals surface area contributed by atoms with Crippen LogP contribution in [0.5, 0.6) is 0 Å². The third kappa shape index (κ3) is 3.08. The summed E-state index contributed by atoms with van der Waals surface area (Å²) in [6, 6.07) is 8.60. The van der Waals surface area contributed by atoms with Gasteiger partial charge in [0.05, 0.1) is 10.7 Å². The van der Waals surface area contributed by atoms with Gasteiger partial charge in [-0.2, -0.15) is 10.4 Å². The van der Waals surface area contributed by atoms with Crippen molar-refractivity contribution in [2.75, 3.05) is 5.43 Å². The Balaban J connectivity index is 2.85. The number of carbonyl (C=O) groups is 1. The molecule has 0 radical (unpaired) electrons. The van der Waals surface area contributed by atoms with Crippen molar-refractivity contribution >= 4 is 28.8 Å². The van der Waals surface area contributed by atoms with E-state index in [4.69, 9.17) is 16.9 Å². The van der Waals surface area contributed by atoms with Gasteiger partial charge in [-0.25, -0.2) is 0 Å². The fraction of sp³-hybridized carbons (Fsp3) is 0.100. The van der Waals surface area contributed by atoms with Gasteiger partial charge in [-0.05, 0) is 12.1 Å². The summed E-state index contributed by atoms with van der Waals surface area (Å²) in [5.74, 6) is -0.392. The van der Waals surface area contributed by atoms with Gasteiger partial charge in [-0.15, -0.1) is 0 Å². The third-order valence-electron chi connectivity index (χ3n) is 1.60. The minimum absolute atomic E-state index is 0.185. The summed E-state index contributed by atoms with van der Waals surface area (Å²) in [7, 11) is 0. The largest absolute Gasteiger partial charge is 0.292 e. The van der Waals surface area contributed by atoms with Gasteiger partial charge in [-0.1, -0.05) is 23.7 Å². The Kier molecular flexibility index (Phi) is 3.83. The number of ketones is 1. The molecular formula is C10H8ClN3O. The smallest absolute Gasteiger partial charge is 0.203 e. The number of nitriles is 1. The summed E-state index contributed by atoms with van der Waals surface area (Å²) < 4.78 is 0. The number of hydrazone groups is 1. The standard InChI is InChI=1S/C10H8ClN3O/c1-7(15)10(6-12)14-13-9-5-3-2-4-8(9)11/h2-5,13H,1H3/b14-10+. The zero-order valence-electron chi connectivity index (χ0n) is 7.99. The maximum atomic E-state index is 10.9. The van der Waals surface area contributed by atoms with Crippen molar-refractivity contribution in [2.24, 2.45) is 5.10 Å². The van der Waals surface area contributed by atoms with Gasteiger partial charge in [0.15, 0.2) is 5.78 Å². The van der Waals surface area contributed by atoms with Gasteiger partial charge in [-0.3, -0.25) is 10.2 Å². The van der Waals surface area contributed by atoms with Crippen LogP contribution in [-0.2, 0) is 4.79 Å². The summed E-state index contributed by atoms with van der Waals surface area (Å²) in [5, 5.41) is 12.7. The quantitative estimate of drug-likeness (QED) is 0.629. The van der Waals surface area contributed by atoms with E-state index in [1.165, 1.54) is 6.92 Å². The molecular weight excluding hydrogens is 214 g/mol. The van der Waals surface area contributed by atoms with E-state index >= 15 is 0 Å². The van der Waals surface area contributed by atoms with Crippen molar-refractivity contribution in [3.63, 3.8) is 0 Å². The molecule has 0 aliphatic carbocycles. The second-order valence-electron chi connectivity index (χ2n) is 2.72. The Morgan fingerprint density at radius 3 is 2.73 bits per heavy atom. The fourth-order valence-corrected chi connectivity index (χ4v) is 1.03. The van der Waals surface area contributed by atoms with Crippen LogP contribution < -0.4 is 5.43 Å². The Morgan fingerprint density at radius 2 is 2.20 bits per heavy atom. The molecule has 1 rings (SSSR count). The average Bonchev–Trinajstić information content (AvgIpc) is 2.21. The highest BCUT2D eigenvalue weighted by Gasteiger charge is 2.04. The molecule has 0 spiro atoms. The van der Waals surface area contributed by atoms with Crippen LogP contribution in [0.4, 0.5) is 5.69 Å². The van der Waals surface area contributed by atoms with E-state index in [1.54, 1.807) is 30.3 Å². The summed E-state index contributed by atoms with van der Waals surface area (Å²) in [6.45, 7) is 1.27. The molecule has 0 bridgehead atoms. The number of nitrogens with one attached hydrogen (secondary N) is 1. The normalized spacial score (nSPS) is 10.6. The number of rotatable bonds is 3. The molecule has 0 saturated carbocycles. The number of halogens is 1. The first kappa shape index (κ1) is 11.2. The number of benzene rings is 1. The fourth-order valence-electron chi connectivity index (χ4n) is 0.850. The number of nitrogens with zero attached hydrogens (tertiary/aromatic N) is 2. The van der Waals surface area contributed by atoms with Gasteiger partial charge in [0.25, 0.3) is 0 Å². The lowest BCUT2D eigenvalue weighted by Gasteiger charge is -2.01. The number of hydrogen-bond acceptors (Lipinski definition) is 4. The number of anilines is 1. The van der Waals surface area contributed by atoms with Gasteiger partial charge >= 0.3 is 0 Å². The molecule has 0 heterocycles. The predicted molar refractivity (Wildman–Crippen MR) is 58.8 cm³/mol. The highest BCUT2D eigenvalue weighted by molar-refractivity contribution is 6.45. The van der Waals surface area contributed by atoms with Gasteiger partial charge in [0.1, 0.15) is 6.07 Å². The van der Waals surface area contributed by atoms with E-state index in [0.717, 1.165) is 0 Å². The van der Waals surface area contributed by atoms with E-state index in [1.807, 2.05) is 0 Å². The first-order valence-corrected chi connectivity index (χ1v) is 4.52. The lowest BCUT2D eigenvalue weighted by atomic mass is 10.3. The third-order valence-corrected chi connectivity index (χ3v) is 1.93. The summed E-state index contributed by atoms with van der Waals surface area (Å²) in [5.41, 5.74) is 2.92. The van der Waals surface area contributed by atoms with E-state index in [0.29, 0.717) is 10.7 Å². The Labute approximate surface area is 92.2 Å². The van der Waals surface area contributed by atoms with Crippen LogP contribution in [0.25, 0.3) is 0 Å². The van der Waals surface area contributed by atoms with Crippen molar-refractivity contribution in [2.45, 2.75) is 6.92 Å². The lowest BCUT2D eigenvalue weighted by Crippen LogP contribution is -2.09. The van der Waals surface area contributed by atoms with E-state index in [9.17, 15) is 4.79 Å². The molecule has 1 N–H and O–H groups in total. The topological polar surface area (TPSA) is 65.2 Å². The van der Waals surface area contributed by atoms with Crippen molar-refractivity contribution in [3.05, 3.63) is 29.3 Å². The molecule has 4 nitrogen and oxygen atoms in total. The molecule has 5 heteroatoms. The van der Waals surface area contributed by atoms with Crippen LogP contribution in [0, 0.1) is 11.3 Å². The van der Waals surface area contributed by atoms with Crippen LogP contribution in [0.2, 0.25) is 5.02 Å². The van der Waals surface area contributed by atoms with Crippen LogP contribution in [0.3, 0.4) is 0 Å². The van der Waals surface area contributed by atoms with Gasteiger partial charge in [0.2, 0.25) is 5.71 Å². The Morgan fingerprint density at radius 1 is 1.53 bits per heavy atom.